The summed E-state index contributed by atoms with van der Waals surface area (Å²) in [5.74, 6) is -0.621. The number of carbonyl (C=O) groups excluding carboxylic acids is 4. The number of nitrogens with one attached hydrogen (secondary N) is 1. The fourth-order valence-corrected chi connectivity index (χ4v) is 3.77. The van der Waals surface area contributed by atoms with Gasteiger partial charge in [-0.25, -0.2) is 20.0 Å². The Morgan fingerprint density at radius 2 is 1.83 bits per heavy atom. The first-order valence-corrected chi connectivity index (χ1v) is 10.8. The minimum atomic E-state index is -1.21. The number of carbonyl (C=O) groups is 4. The quantitative estimate of drug-likeness (QED) is 0.380. The number of nitrogens with zero attached hydrogens (tertiary/aromatic N) is 2. The fraction of sp³-hybridized carbons (Fsp3) is 0.810. The van der Waals surface area contributed by atoms with Crippen LogP contribution in [0.4, 0.5) is 4.79 Å². The average Bonchev–Trinajstić information content (AvgIpc) is 3.21. The van der Waals surface area contributed by atoms with Crippen molar-refractivity contribution >= 4 is 24.2 Å². The molecular weight excluding hydrogens is 390 g/mol. The van der Waals surface area contributed by atoms with Crippen LogP contribution in [0.15, 0.2) is 0 Å². The molecular formula is C21H35N3O6. The minimum Gasteiger partial charge on any atom is -0.458 e. The van der Waals surface area contributed by atoms with Crippen molar-refractivity contribution in [3.63, 3.8) is 0 Å². The SMILES string of the molecule is CC(C)(C)OC(=O)C(CC=O)N(NC(=O)N1CCOCC1)C(=O)CCC1CCCC1. The summed E-state index contributed by atoms with van der Waals surface area (Å²) in [4.78, 5) is 51.3. The van der Waals surface area contributed by atoms with Gasteiger partial charge in [0.2, 0.25) is 5.91 Å². The van der Waals surface area contributed by atoms with Gasteiger partial charge in [-0.05, 0) is 33.1 Å². The lowest BCUT2D eigenvalue weighted by atomic mass is 10.0. The van der Waals surface area contributed by atoms with Crippen LogP contribution in [0.25, 0.3) is 0 Å². The van der Waals surface area contributed by atoms with Crippen LogP contribution in [-0.2, 0) is 23.9 Å². The lowest BCUT2D eigenvalue weighted by molar-refractivity contribution is -0.167. The van der Waals surface area contributed by atoms with Crippen molar-refractivity contribution in [2.75, 3.05) is 26.3 Å². The number of ether oxygens (including phenoxy) is 2. The molecule has 9 nitrogen and oxygen atoms in total. The summed E-state index contributed by atoms with van der Waals surface area (Å²) in [5.41, 5.74) is 1.78. The Kier molecular flexibility index (Phi) is 9.08. The van der Waals surface area contributed by atoms with E-state index >= 15 is 0 Å². The average molecular weight is 426 g/mol. The Bertz CT molecular complexity index is 606. The maximum atomic E-state index is 13.0. The van der Waals surface area contributed by atoms with Crippen LogP contribution in [-0.4, -0.2) is 72.0 Å². The number of hydrogen-bond donors (Lipinski definition) is 1. The lowest BCUT2D eigenvalue weighted by Crippen LogP contribution is -2.59. The van der Waals surface area contributed by atoms with Gasteiger partial charge >= 0.3 is 12.0 Å². The zero-order chi connectivity index (χ0) is 22.1. The van der Waals surface area contributed by atoms with Crippen LogP contribution in [0.2, 0.25) is 0 Å². The zero-order valence-electron chi connectivity index (χ0n) is 18.4. The van der Waals surface area contributed by atoms with Gasteiger partial charge in [-0.1, -0.05) is 25.7 Å². The summed E-state index contributed by atoms with van der Waals surface area (Å²) in [6.45, 7) is 6.73. The monoisotopic (exact) mass is 425 g/mol. The molecule has 9 heteroatoms. The van der Waals surface area contributed by atoms with E-state index in [4.69, 9.17) is 9.47 Å². The van der Waals surface area contributed by atoms with E-state index in [-0.39, 0.29) is 18.7 Å². The molecule has 1 saturated heterocycles. The highest BCUT2D eigenvalue weighted by Crippen LogP contribution is 2.29. The van der Waals surface area contributed by atoms with E-state index < -0.39 is 23.6 Å². The predicted molar refractivity (Wildman–Crippen MR) is 109 cm³/mol. The van der Waals surface area contributed by atoms with E-state index in [1.165, 1.54) is 17.7 Å². The summed E-state index contributed by atoms with van der Waals surface area (Å²) in [7, 11) is 0. The van der Waals surface area contributed by atoms with E-state index in [2.05, 4.69) is 5.43 Å². The van der Waals surface area contributed by atoms with Crippen LogP contribution in [0.1, 0.15) is 65.7 Å². The van der Waals surface area contributed by atoms with Gasteiger partial charge < -0.3 is 19.2 Å². The molecule has 0 bridgehead atoms. The van der Waals surface area contributed by atoms with Crippen molar-refractivity contribution in [3.05, 3.63) is 0 Å². The minimum absolute atomic E-state index is 0.201. The third-order valence-electron chi connectivity index (χ3n) is 5.33. The molecule has 30 heavy (non-hydrogen) atoms. The third-order valence-corrected chi connectivity index (χ3v) is 5.33. The van der Waals surface area contributed by atoms with Crippen LogP contribution in [0.3, 0.4) is 0 Å². The summed E-state index contributed by atoms with van der Waals surface area (Å²) in [5, 5.41) is 1.01. The molecule has 0 aromatic carbocycles. The number of aldehydes is 1. The highest BCUT2D eigenvalue weighted by molar-refractivity contribution is 5.88. The lowest BCUT2D eigenvalue weighted by Gasteiger charge is -2.34. The van der Waals surface area contributed by atoms with E-state index in [9.17, 15) is 19.2 Å². The van der Waals surface area contributed by atoms with Crippen molar-refractivity contribution in [2.24, 2.45) is 5.92 Å². The fourth-order valence-electron chi connectivity index (χ4n) is 3.77. The maximum absolute atomic E-state index is 13.0. The maximum Gasteiger partial charge on any atom is 0.336 e. The van der Waals surface area contributed by atoms with Crippen LogP contribution in [0.5, 0.6) is 0 Å². The van der Waals surface area contributed by atoms with Crippen LogP contribution >= 0.6 is 0 Å². The van der Waals surface area contributed by atoms with E-state index in [0.29, 0.717) is 44.9 Å². The second-order valence-electron chi connectivity index (χ2n) is 8.92. The molecule has 0 radical (unpaired) electrons. The molecule has 1 aliphatic carbocycles. The van der Waals surface area contributed by atoms with E-state index in [1.807, 2.05) is 0 Å². The summed E-state index contributed by atoms with van der Waals surface area (Å²) in [6, 6.07) is -1.70. The number of esters is 1. The molecule has 2 aliphatic rings. The number of hydrazine groups is 1. The van der Waals surface area contributed by atoms with Gasteiger partial charge in [-0.2, -0.15) is 0 Å². The number of morpholine rings is 1. The Morgan fingerprint density at radius 1 is 1.20 bits per heavy atom. The Morgan fingerprint density at radius 3 is 2.40 bits per heavy atom. The number of hydrogen-bond acceptors (Lipinski definition) is 6. The standard InChI is InChI=1S/C21H35N3O6/c1-21(2,3)30-19(27)17(10-13-25)24(18(26)9-8-16-6-4-5-7-16)22-20(28)23-11-14-29-15-12-23/h13,16-17H,4-12,14-15H2,1-3H3,(H,22,28). The predicted octanol–water partition coefficient (Wildman–Crippen LogP) is 2.04. The first kappa shape index (κ1) is 24.1. The molecule has 2 rings (SSSR count). The van der Waals surface area contributed by atoms with Crippen LogP contribution < -0.4 is 5.43 Å². The molecule has 0 aromatic rings. The van der Waals surface area contributed by atoms with Crippen molar-refractivity contribution in [1.29, 1.82) is 0 Å². The molecule has 170 valence electrons. The van der Waals surface area contributed by atoms with Crippen molar-refractivity contribution in [3.8, 4) is 0 Å². The van der Waals surface area contributed by atoms with Crippen LogP contribution in [0, 0.1) is 5.92 Å². The highest BCUT2D eigenvalue weighted by Gasteiger charge is 2.35. The zero-order valence-corrected chi connectivity index (χ0v) is 18.4. The Hall–Kier alpha value is -2.16. The Labute approximate surface area is 178 Å². The van der Waals surface area contributed by atoms with Gasteiger partial charge in [-0.15, -0.1) is 0 Å². The molecule has 1 aliphatic heterocycles. The Balaban J connectivity index is 2.14. The van der Waals surface area contributed by atoms with Gasteiger partial charge in [0.25, 0.3) is 0 Å². The van der Waals surface area contributed by atoms with E-state index in [0.717, 1.165) is 17.9 Å². The largest absolute Gasteiger partial charge is 0.458 e. The number of amides is 3. The smallest absolute Gasteiger partial charge is 0.336 e. The summed E-state index contributed by atoms with van der Waals surface area (Å²) in [6.07, 6.45) is 5.73. The molecule has 1 atom stereocenters. The highest BCUT2D eigenvalue weighted by atomic mass is 16.6. The molecule has 1 heterocycles. The van der Waals surface area contributed by atoms with Gasteiger partial charge in [0.15, 0.2) is 6.04 Å². The van der Waals surface area contributed by atoms with Crippen molar-refractivity contribution < 1.29 is 28.7 Å². The normalized spacial score (nSPS) is 18.6. The second kappa shape index (κ2) is 11.3. The second-order valence-corrected chi connectivity index (χ2v) is 8.92. The number of urea groups is 1. The molecule has 1 N–H and O–H groups in total. The van der Waals surface area contributed by atoms with Crippen molar-refractivity contribution in [2.45, 2.75) is 77.4 Å². The third kappa shape index (κ3) is 7.59. The van der Waals surface area contributed by atoms with E-state index in [1.54, 1.807) is 20.8 Å². The molecule has 2 fully saturated rings. The van der Waals surface area contributed by atoms with Gasteiger partial charge in [0, 0.05) is 25.9 Å². The molecule has 0 aromatic heterocycles. The van der Waals surface area contributed by atoms with Gasteiger partial charge in [-0.3, -0.25) is 4.79 Å². The molecule has 0 spiro atoms. The summed E-state index contributed by atoms with van der Waals surface area (Å²) >= 11 is 0. The van der Waals surface area contributed by atoms with Gasteiger partial charge in [0.05, 0.1) is 13.2 Å². The first-order valence-electron chi connectivity index (χ1n) is 10.8. The van der Waals surface area contributed by atoms with Crippen molar-refractivity contribution in [1.82, 2.24) is 15.3 Å². The van der Waals surface area contributed by atoms with Gasteiger partial charge in [0.1, 0.15) is 11.9 Å². The molecule has 1 saturated carbocycles. The topological polar surface area (TPSA) is 105 Å². The molecule has 1 unspecified atom stereocenters. The summed E-state index contributed by atoms with van der Waals surface area (Å²) < 4.78 is 10.7. The first-order chi connectivity index (χ1) is 14.2. The molecule has 3 amide bonds. The number of rotatable bonds is 7.